The largest absolute Gasteiger partial charge is 0.383 e. The highest BCUT2D eigenvalue weighted by molar-refractivity contribution is 6.35. The first-order chi connectivity index (χ1) is 17.2. The highest BCUT2D eigenvalue weighted by Crippen LogP contribution is 2.37. The molecule has 9 heteroatoms. The number of nitrogens with zero attached hydrogens (tertiary/aromatic N) is 6. The van der Waals surface area contributed by atoms with Gasteiger partial charge < -0.3 is 10.6 Å². The number of hydrogen-bond donors (Lipinski definition) is 2. The van der Waals surface area contributed by atoms with E-state index < -0.39 is 6.02 Å². The predicted octanol–water partition coefficient (Wildman–Crippen LogP) is 5.74. The Balaban J connectivity index is 1.61. The maximum absolute atomic E-state index is 9.75. The van der Waals surface area contributed by atoms with Crippen LogP contribution >= 0.6 is 11.6 Å². The first-order valence-electron chi connectivity index (χ1n) is 12.1. The number of aromatic nitrogens is 5. The summed E-state index contributed by atoms with van der Waals surface area (Å²) < 4.78 is 11.3. The van der Waals surface area contributed by atoms with Gasteiger partial charge in [0.25, 0.3) is 0 Å². The molecule has 1 saturated carbocycles. The van der Waals surface area contributed by atoms with Crippen LogP contribution in [0.4, 0.5) is 11.4 Å². The van der Waals surface area contributed by atoms with Gasteiger partial charge in [-0.05, 0) is 42.0 Å². The van der Waals surface area contributed by atoms with Crippen molar-refractivity contribution in [2.45, 2.75) is 45.7 Å². The van der Waals surface area contributed by atoms with Crippen LogP contribution in [0, 0.1) is 16.7 Å². The third-order valence-electron chi connectivity index (χ3n) is 5.75. The fourth-order valence-corrected chi connectivity index (χ4v) is 4.08. The number of halogens is 1. The molecule has 5 rings (SSSR count). The predicted molar refractivity (Wildman–Crippen MR) is 137 cm³/mol. The van der Waals surface area contributed by atoms with Crippen LogP contribution < -0.4 is 10.6 Å². The van der Waals surface area contributed by atoms with Gasteiger partial charge in [-0.25, -0.2) is 4.68 Å². The Morgan fingerprint density at radius 2 is 2.14 bits per heavy atom. The molecular formula is C26H27ClN8. The summed E-state index contributed by atoms with van der Waals surface area (Å²) in [7, 11) is 0. The first-order valence-corrected chi connectivity index (χ1v) is 11.9. The molecular weight excluding hydrogens is 460 g/mol. The summed E-state index contributed by atoms with van der Waals surface area (Å²) in [4.78, 5) is 8.66. The van der Waals surface area contributed by atoms with E-state index >= 15 is 0 Å². The molecule has 8 nitrogen and oxygen atoms in total. The standard InChI is InChI=1S/C26H27ClN8/c1-26(2,3)15-31-23-17(11-28)13-30-25-20(23)9-18(10-21(25)27)32-24(16-5-4-8-29-12-16)22-14-35(34-33-22)19-6-7-19/h4-5,8-10,12-14,19,24,32H,6-7,15H2,1-3H3,(H,30,31)/t24-/m0/s1/i24D. The number of hydrogen-bond acceptors (Lipinski definition) is 7. The monoisotopic (exact) mass is 487 g/mol. The SMILES string of the molecule is [2H][C@](Nc1cc(Cl)c2ncc(C#N)c(NCC(C)(C)C)c2c1)(c1cccnc1)c1cn(C2CC2)nn1. The minimum atomic E-state index is -1.47. The third kappa shape index (κ3) is 5.05. The molecule has 3 aromatic heterocycles. The molecule has 0 bridgehead atoms. The summed E-state index contributed by atoms with van der Waals surface area (Å²) in [5, 5.41) is 26.2. The molecule has 35 heavy (non-hydrogen) atoms. The van der Waals surface area contributed by atoms with E-state index in [2.05, 4.69) is 57.8 Å². The minimum Gasteiger partial charge on any atom is -0.383 e. The summed E-state index contributed by atoms with van der Waals surface area (Å²) in [6.07, 6.45) is 8.79. The van der Waals surface area contributed by atoms with Crippen molar-refractivity contribution in [3.8, 4) is 6.07 Å². The zero-order valence-corrected chi connectivity index (χ0v) is 20.6. The van der Waals surface area contributed by atoms with Crippen molar-refractivity contribution in [2.75, 3.05) is 17.2 Å². The van der Waals surface area contributed by atoms with Gasteiger partial charge in [0, 0.05) is 36.2 Å². The van der Waals surface area contributed by atoms with Crippen LogP contribution in [0.1, 0.15) is 63.9 Å². The van der Waals surface area contributed by atoms with Crippen LogP contribution in [-0.2, 0) is 0 Å². The summed E-state index contributed by atoms with van der Waals surface area (Å²) in [6, 6.07) is 8.31. The average Bonchev–Trinajstić information content (AvgIpc) is 3.58. The van der Waals surface area contributed by atoms with Crippen LogP contribution in [0.2, 0.25) is 5.02 Å². The number of pyridine rings is 2. The van der Waals surface area contributed by atoms with Gasteiger partial charge in [0.1, 0.15) is 11.8 Å². The molecule has 2 N–H and O–H groups in total. The highest BCUT2D eigenvalue weighted by Gasteiger charge is 2.27. The molecule has 0 saturated heterocycles. The molecule has 1 aliphatic rings. The van der Waals surface area contributed by atoms with Gasteiger partial charge >= 0.3 is 0 Å². The van der Waals surface area contributed by atoms with Gasteiger partial charge in [-0.3, -0.25) is 9.97 Å². The lowest BCUT2D eigenvalue weighted by molar-refractivity contribution is 0.443. The normalized spacial score (nSPS) is 15.8. The molecule has 1 aliphatic carbocycles. The van der Waals surface area contributed by atoms with E-state index in [-0.39, 0.29) is 5.41 Å². The number of nitrogens with one attached hydrogen (secondary N) is 2. The number of fused-ring (bicyclic) bond motifs is 1. The molecule has 0 spiro atoms. The van der Waals surface area contributed by atoms with E-state index in [0.717, 1.165) is 12.8 Å². The fraction of sp³-hybridized carbons (Fsp3) is 0.346. The molecule has 0 radical (unpaired) electrons. The van der Waals surface area contributed by atoms with Crippen molar-refractivity contribution in [3.05, 3.63) is 70.9 Å². The first kappa shape index (κ1) is 21.8. The second kappa shape index (κ2) is 9.16. The Morgan fingerprint density at radius 3 is 2.83 bits per heavy atom. The number of rotatable bonds is 7. The van der Waals surface area contributed by atoms with E-state index in [0.29, 0.717) is 56.7 Å². The van der Waals surface area contributed by atoms with E-state index in [4.69, 9.17) is 11.6 Å². The van der Waals surface area contributed by atoms with Gasteiger partial charge in [0.2, 0.25) is 0 Å². The van der Waals surface area contributed by atoms with Gasteiger partial charge in [-0.1, -0.05) is 43.7 Å². The molecule has 4 aromatic rings. The summed E-state index contributed by atoms with van der Waals surface area (Å²) in [6.45, 7) is 7.00. The molecule has 1 fully saturated rings. The summed E-state index contributed by atoms with van der Waals surface area (Å²) in [5.41, 5.74) is 3.31. The quantitative estimate of drug-likeness (QED) is 0.342. The van der Waals surface area contributed by atoms with Crippen molar-refractivity contribution in [1.82, 2.24) is 25.0 Å². The van der Waals surface area contributed by atoms with Crippen LogP contribution in [-0.4, -0.2) is 31.5 Å². The lowest BCUT2D eigenvalue weighted by atomic mass is 9.96. The fourth-order valence-electron chi connectivity index (χ4n) is 3.81. The summed E-state index contributed by atoms with van der Waals surface area (Å²) in [5.74, 6) is 0. The van der Waals surface area contributed by atoms with Crippen molar-refractivity contribution < 1.29 is 1.37 Å². The minimum absolute atomic E-state index is 0.00794. The van der Waals surface area contributed by atoms with Gasteiger partial charge in [-0.15, -0.1) is 5.10 Å². The molecule has 0 unspecified atom stereocenters. The average molecular weight is 488 g/mol. The molecule has 3 heterocycles. The van der Waals surface area contributed by atoms with E-state index in [1.165, 1.54) is 6.20 Å². The molecule has 0 amide bonds. The van der Waals surface area contributed by atoms with Gasteiger partial charge in [0.15, 0.2) is 0 Å². The van der Waals surface area contributed by atoms with E-state index in [1.54, 1.807) is 24.5 Å². The third-order valence-corrected chi connectivity index (χ3v) is 6.04. The van der Waals surface area contributed by atoms with Gasteiger partial charge in [0.05, 0.1) is 41.4 Å². The Hall–Kier alpha value is -3.70. The Kier molecular flexibility index (Phi) is 5.71. The topological polar surface area (TPSA) is 104 Å². The van der Waals surface area contributed by atoms with Crippen molar-refractivity contribution in [1.29, 1.82) is 5.26 Å². The zero-order valence-electron chi connectivity index (χ0n) is 20.9. The van der Waals surface area contributed by atoms with E-state index in [9.17, 15) is 6.63 Å². The molecule has 0 aliphatic heterocycles. The van der Waals surface area contributed by atoms with E-state index in [1.807, 2.05) is 23.0 Å². The number of anilines is 2. The lowest BCUT2D eigenvalue weighted by Crippen LogP contribution is -2.20. The Labute approximate surface area is 210 Å². The number of benzene rings is 1. The van der Waals surface area contributed by atoms with Crippen molar-refractivity contribution in [3.63, 3.8) is 0 Å². The van der Waals surface area contributed by atoms with Gasteiger partial charge in [-0.2, -0.15) is 5.26 Å². The lowest BCUT2D eigenvalue weighted by Gasteiger charge is -2.22. The van der Waals surface area contributed by atoms with Crippen LogP contribution in [0.15, 0.2) is 49.1 Å². The molecule has 1 atom stereocenters. The van der Waals surface area contributed by atoms with Crippen LogP contribution in [0.5, 0.6) is 0 Å². The Bertz CT molecular complexity index is 1450. The molecule has 178 valence electrons. The second-order valence-electron chi connectivity index (χ2n) is 9.98. The highest BCUT2D eigenvalue weighted by atomic mass is 35.5. The number of nitriles is 1. The van der Waals surface area contributed by atoms with Crippen LogP contribution in [0.25, 0.3) is 10.9 Å². The molecule has 1 aromatic carbocycles. The van der Waals surface area contributed by atoms with Crippen LogP contribution in [0.3, 0.4) is 0 Å². The summed E-state index contributed by atoms with van der Waals surface area (Å²) >= 11 is 6.68. The Morgan fingerprint density at radius 1 is 1.31 bits per heavy atom. The van der Waals surface area contributed by atoms with Crippen molar-refractivity contribution in [2.24, 2.45) is 5.41 Å². The van der Waals surface area contributed by atoms with Crippen molar-refractivity contribution >= 4 is 33.9 Å². The smallest absolute Gasteiger partial charge is 0.110 e. The zero-order chi connectivity index (χ0) is 25.5. The maximum Gasteiger partial charge on any atom is 0.110 e. The maximum atomic E-state index is 9.75. The second-order valence-corrected chi connectivity index (χ2v) is 10.4.